The minimum Gasteiger partial charge on any atom is -0.487 e. The van der Waals surface area contributed by atoms with Crippen LogP contribution in [0.2, 0.25) is 0 Å². The molecule has 1 amide bonds. The molecule has 26 heavy (non-hydrogen) atoms. The van der Waals surface area contributed by atoms with E-state index in [9.17, 15) is 9.59 Å². The van der Waals surface area contributed by atoms with Crippen molar-refractivity contribution in [3.63, 3.8) is 0 Å². The highest BCUT2D eigenvalue weighted by Gasteiger charge is 2.60. The third-order valence-electron chi connectivity index (χ3n) is 6.51. The Labute approximate surface area is 152 Å². The molecule has 4 aliphatic heterocycles. The molecule has 4 atom stereocenters. The van der Waals surface area contributed by atoms with E-state index >= 15 is 0 Å². The lowest BCUT2D eigenvalue weighted by Crippen LogP contribution is -2.65. The molecular formula is C19H25N3O4. The van der Waals surface area contributed by atoms with E-state index in [1.165, 1.54) is 6.07 Å². The molecule has 5 heterocycles. The van der Waals surface area contributed by atoms with Crippen molar-refractivity contribution < 1.29 is 14.3 Å². The Kier molecular flexibility index (Phi) is 3.57. The summed E-state index contributed by atoms with van der Waals surface area (Å²) in [6.07, 6.45) is 7.82. The first-order valence-corrected chi connectivity index (χ1v) is 9.77. The Hall–Kier alpha value is -2.02. The maximum Gasteiger partial charge on any atom is 0.278 e. The third-order valence-corrected chi connectivity index (χ3v) is 6.51. The summed E-state index contributed by atoms with van der Waals surface area (Å²) in [6, 6.07) is 1.47. The van der Waals surface area contributed by atoms with Gasteiger partial charge in [0.1, 0.15) is 6.17 Å². The molecule has 3 fully saturated rings. The number of nitrogens with zero attached hydrogens (tertiary/aromatic N) is 2. The molecule has 2 bridgehead atoms. The van der Waals surface area contributed by atoms with Gasteiger partial charge in [-0.3, -0.25) is 14.3 Å². The lowest BCUT2D eigenvalue weighted by atomic mass is 9.72. The second-order valence-electron chi connectivity index (χ2n) is 7.94. The molecule has 1 aromatic heterocycles. The summed E-state index contributed by atoms with van der Waals surface area (Å²) in [5.41, 5.74) is 3.47. The number of hydrogen-bond acceptors (Lipinski definition) is 5. The van der Waals surface area contributed by atoms with Crippen LogP contribution >= 0.6 is 0 Å². The van der Waals surface area contributed by atoms with Crippen LogP contribution in [0, 0.1) is 5.92 Å². The van der Waals surface area contributed by atoms with E-state index in [-0.39, 0.29) is 28.9 Å². The van der Waals surface area contributed by atoms with Gasteiger partial charge in [-0.2, -0.15) is 0 Å². The van der Waals surface area contributed by atoms with E-state index in [2.05, 4.69) is 12.3 Å². The fraction of sp³-hybridized carbons (Fsp3) is 0.684. The fourth-order valence-corrected chi connectivity index (χ4v) is 5.19. The number of rotatable bonds is 4. The summed E-state index contributed by atoms with van der Waals surface area (Å²) in [5.74, 6) is 0.355. The predicted molar refractivity (Wildman–Crippen MR) is 94.9 cm³/mol. The standard InChI is InChI=1S/C19H25N3O4/c1-2-3-10-25-16-14(23)5-8-22-15(16)18(24)21-9-7-19-6-4-12(26-19)11-13(19)17(21)20-22/h5,8,12-13,17,20H,2-4,6-7,9-11H2,1H3/t12-,13+,17-,19-/m1/s1. The predicted octanol–water partition coefficient (Wildman–Crippen LogP) is 1.69. The fourth-order valence-electron chi connectivity index (χ4n) is 5.19. The third kappa shape index (κ3) is 2.16. The van der Waals surface area contributed by atoms with Crippen LogP contribution in [0.15, 0.2) is 17.1 Å². The monoisotopic (exact) mass is 359 g/mol. The molecule has 140 valence electrons. The number of amides is 1. The van der Waals surface area contributed by atoms with Gasteiger partial charge in [-0.15, -0.1) is 0 Å². The van der Waals surface area contributed by atoms with Gasteiger partial charge in [-0.05, 0) is 32.1 Å². The molecule has 0 unspecified atom stereocenters. The Morgan fingerprint density at radius 2 is 2.27 bits per heavy atom. The van der Waals surface area contributed by atoms with Gasteiger partial charge < -0.3 is 19.8 Å². The quantitative estimate of drug-likeness (QED) is 0.829. The van der Waals surface area contributed by atoms with Gasteiger partial charge in [-0.25, -0.2) is 0 Å². The highest BCUT2D eigenvalue weighted by Crippen LogP contribution is 2.54. The Balaban J connectivity index is 1.50. The zero-order chi connectivity index (χ0) is 17.9. The summed E-state index contributed by atoms with van der Waals surface area (Å²) in [6.45, 7) is 3.16. The van der Waals surface area contributed by atoms with E-state index in [1.54, 1.807) is 10.9 Å². The number of carbonyl (C=O) groups excluding carboxylic acids is 1. The van der Waals surface area contributed by atoms with E-state index in [0.717, 1.165) is 38.5 Å². The van der Waals surface area contributed by atoms with Crippen molar-refractivity contribution >= 4 is 5.91 Å². The number of nitrogens with one attached hydrogen (secondary N) is 1. The van der Waals surface area contributed by atoms with Crippen molar-refractivity contribution in [2.24, 2.45) is 5.92 Å². The van der Waals surface area contributed by atoms with Crippen molar-refractivity contribution in [1.82, 2.24) is 9.58 Å². The summed E-state index contributed by atoms with van der Waals surface area (Å²) in [7, 11) is 0. The average Bonchev–Trinajstić information content (AvgIpc) is 3.21. The van der Waals surface area contributed by atoms with Crippen LogP contribution in [0.3, 0.4) is 0 Å². The van der Waals surface area contributed by atoms with E-state index < -0.39 is 0 Å². The number of fused-ring (bicyclic) bond motifs is 4. The molecule has 0 aromatic carbocycles. The van der Waals surface area contributed by atoms with Crippen LogP contribution in [-0.4, -0.2) is 46.5 Å². The van der Waals surface area contributed by atoms with Crippen molar-refractivity contribution in [2.75, 3.05) is 18.6 Å². The van der Waals surface area contributed by atoms with Crippen molar-refractivity contribution in [3.8, 4) is 5.75 Å². The van der Waals surface area contributed by atoms with Crippen molar-refractivity contribution in [2.45, 2.75) is 63.3 Å². The summed E-state index contributed by atoms with van der Waals surface area (Å²) in [5, 5.41) is 0. The Morgan fingerprint density at radius 3 is 3.08 bits per heavy atom. The summed E-state index contributed by atoms with van der Waals surface area (Å²) in [4.78, 5) is 27.5. The maximum absolute atomic E-state index is 13.3. The molecule has 0 aliphatic carbocycles. The molecule has 1 N–H and O–H groups in total. The number of aromatic nitrogens is 1. The minimum absolute atomic E-state index is 0.0733. The average molecular weight is 359 g/mol. The van der Waals surface area contributed by atoms with Crippen molar-refractivity contribution in [1.29, 1.82) is 0 Å². The number of pyridine rings is 1. The number of ether oxygens (including phenoxy) is 2. The number of carbonyl (C=O) groups is 1. The topological polar surface area (TPSA) is 72.8 Å². The van der Waals surface area contributed by atoms with Gasteiger partial charge in [0.25, 0.3) is 5.91 Å². The van der Waals surface area contributed by atoms with Gasteiger partial charge in [0, 0.05) is 24.7 Å². The number of unbranched alkanes of at least 4 members (excludes halogenated alkanes) is 1. The first kappa shape index (κ1) is 16.2. The second-order valence-corrected chi connectivity index (χ2v) is 7.94. The summed E-state index contributed by atoms with van der Waals surface area (Å²) >= 11 is 0. The van der Waals surface area contributed by atoms with Crippen LogP contribution in [-0.2, 0) is 4.74 Å². The molecule has 1 aromatic rings. The molecule has 5 rings (SSSR count). The van der Waals surface area contributed by atoms with Crippen LogP contribution < -0.4 is 15.6 Å². The highest BCUT2D eigenvalue weighted by molar-refractivity contribution is 5.96. The normalized spacial score (nSPS) is 34.1. The Bertz CT molecular complexity index is 806. The zero-order valence-electron chi connectivity index (χ0n) is 15.1. The highest BCUT2D eigenvalue weighted by atomic mass is 16.5. The minimum atomic E-state index is -0.238. The molecule has 7 nitrogen and oxygen atoms in total. The molecular weight excluding hydrogens is 334 g/mol. The van der Waals surface area contributed by atoms with Crippen LogP contribution in [0.5, 0.6) is 5.75 Å². The molecule has 4 aliphatic rings. The van der Waals surface area contributed by atoms with Gasteiger partial charge in [0.05, 0.1) is 18.3 Å². The summed E-state index contributed by atoms with van der Waals surface area (Å²) < 4.78 is 13.7. The smallest absolute Gasteiger partial charge is 0.278 e. The number of piperidine rings is 1. The maximum atomic E-state index is 13.3. The first-order chi connectivity index (χ1) is 12.6. The van der Waals surface area contributed by atoms with Gasteiger partial charge in [0.2, 0.25) is 5.43 Å². The van der Waals surface area contributed by atoms with E-state index in [0.29, 0.717) is 30.9 Å². The second kappa shape index (κ2) is 5.74. The van der Waals surface area contributed by atoms with E-state index in [4.69, 9.17) is 9.47 Å². The van der Waals surface area contributed by atoms with Gasteiger partial charge in [0.15, 0.2) is 11.4 Å². The lowest BCUT2D eigenvalue weighted by molar-refractivity contribution is -0.0655. The molecule has 7 heteroatoms. The molecule has 0 radical (unpaired) electrons. The molecule has 1 spiro atoms. The Morgan fingerprint density at radius 1 is 1.38 bits per heavy atom. The van der Waals surface area contributed by atoms with Gasteiger partial charge >= 0.3 is 0 Å². The van der Waals surface area contributed by atoms with Crippen LogP contribution in [0.1, 0.15) is 55.9 Å². The van der Waals surface area contributed by atoms with Crippen molar-refractivity contribution in [3.05, 3.63) is 28.2 Å². The lowest BCUT2D eigenvalue weighted by Gasteiger charge is -2.51. The largest absolute Gasteiger partial charge is 0.487 e. The van der Waals surface area contributed by atoms with Gasteiger partial charge in [-0.1, -0.05) is 13.3 Å². The molecule has 0 saturated carbocycles. The van der Waals surface area contributed by atoms with Crippen LogP contribution in [0.4, 0.5) is 0 Å². The SMILES string of the molecule is CCCCOc1c2n(ccc1=O)N[C@H]1[C@@H]3C[C@H]4CC[C@]3(CCN1C2=O)O4. The first-order valence-electron chi connectivity index (χ1n) is 9.77. The van der Waals surface area contributed by atoms with Crippen LogP contribution in [0.25, 0.3) is 0 Å². The van der Waals surface area contributed by atoms with E-state index in [1.807, 2.05) is 4.90 Å². The molecule has 3 saturated heterocycles. The zero-order valence-corrected chi connectivity index (χ0v) is 15.1. The number of hydrogen-bond donors (Lipinski definition) is 1.